The zero-order chi connectivity index (χ0) is 18.2. The van der Waals surface area contributed by atoms with Gasteiger partial charge in [0.25, 0.3) is 5.91 Å². The number of aromatic hydroxyl groups is 1. The van der Waals surface area contributed by atoms with Crippen molar-refractivity contribution >= 4 is 17.8 Å². The number of aryl methyl sites for hydroxylation is 1. The number of nitro benzene ring substituents is 1. The predicted molar refractivity (Wildman–Crippen MR) is 91.8 cm³/mol. The third-order valence-corrected chi connectivity index (χ3v) is 3.32. The third-order valence-electron chi connectivity index (χ3n) is 3.32. The summed E-state index contributed by atoms with van der Waals surface area (Å²) in [7, 11) is 0. The van der Waals surface area contributed by atoms with Crippen molar-refractivity contribution in [2.24, 2.45) is 5.10 Å². The molecular weight excluding hydrogens is 326 g/mol. The maximum atomic E-state index is 11.7. The molecule has 0 fully saturated rings. The number of amides is 1. The molecule has 0 aliphatic rings. The van der Waals surface area contributed by atoms with Gasteiger partial charge in [0.1, 0.15) is 5.75 Å². The predicted octanol–water partition coefficient (Wildman–Crippen LogP) is 2.39. The maximum Gasteiger partial charge on any atom is 0.311 e. The summed E-state index contributed by atoms with van der Waals surface area (Å²) in [5.74, 6) is -0.536. The maximum absolute atomic E-state index is 11.7. The van der Waals surface area contributed by atoms with E-state index in [-0.39, 0.29) is 17.2 Å². The lowest BCUT2D eigenvalue weighted by molar-refractivity contribution is -0.385. The van der Waals surface area contributed by atoms with Crippen molar-refractivity contribution in [3.63, 3.8) is 0 Å². The van der Waals surface area contributed by atoms with Gasteiger partial charge in [-0.15, -0.1) is 0 Å². The molecule has 0 saturated carbocycles. The van der Waals surface area contributed by atoms with E-state index in [1.54, 1.807) is 24.3 Å². The molecule has 2 N–H and O–H groups in total. The van der Waals surface area contributed by atoms with E-state index in [2.05, 4.69) is 10.5 Å². The van der Waals surface area contributed by atoms with Crippen LogP contribution in [0, 0.1) is 10.1 Å². The Morgan fingerprint density at radius 3 is 2.80 bits per heavy atom. The summed E-state index contributed by atoms with van der Waals surface area (Å²) in [6.45, 7) is 1.46. The number of ether oxygens (including phenoxy) is 1. The highest BCUT2D eigenvalue weighted by Gasteiger charge is 2.16. The fraction of sp³-hybridized carbons (Fsp3) is 0.176. The van der Waals surface area contributed by atoms with E-state index in [4.69, 9.17) is 4.74 Å². The van der Waals surface area contributed by atoms with Gasteiger partial charge in [-0.25, -0.2) is 5.43 Å². The number of phenolic OH excluding ortho intramolecular Hbond substituents is 1. The van der Waals surface area contributed by atoms with Crippen molar-refractivity contribution in [2.45, 2.75) is 13.3 Å². The molecule has 0 aromatic heterocycles. The van der Waals surface area contributed by atoms with Gasteiger partial charge >= 0.3 is 5.69 Å². The van der Waals surface area contributed by atoms with E-state index in [0.29, 0.717) is 12.0 Å². The quantitative estimate of drug-likeness (QED) is 0.455. The number of para-hydroxylation sites is 1. The van der Waals surface area contributed by atoms with Gasteiger partial charge in [0, 0.05) is 11.6 Å². The van der Waals surface area contributed by atoms with Crippen LogP contribution in [0.2, 0.25) is 0 Å². The molecule has 0 aliphatic heterocycles. The summed E-state index contributed by atoms with van der Waals surface area (Å²) in [4.78, 5) is 22.2. The Hall–Kier alpha value is -3.42. The first kappa shape index (κ1) is 17.9. The Morgan fingerprint density at radius 1 is 1.36 bits per heavy atom. The molecule has 0 atom stereocenters. The first-order valence-corrected chi connectivity index (χ1v) is 7.51. The monoisotopic (exact) mass is 343 g/mol. The van der Waals surface area contributed by atoms with Crippen LogP contribution in [0.3, 0.4) is 0 Å². The lowest BCUT2D eigenvalue weighted by Gasteiger charge is -2.07. The number of nitrogens with zero attached hydrogens (tertiary/aromatic N) is 2. The minimum Gasteiger partial charge on any atom is -0.507 e. The Bertz CT molecular complexity index is 805. The summed E-state index contributed by atoms with van der Waals surface area (Å²) in [5.41, 5.74) is 3.28. The van der Waals surface area contributed by atoms with Gasteiger partial charge in [0.2, 0.25) is 0 Å². The Morgan fingerprint density at radius 2 is 2.12 bits per heavy atom. The van der Waals surface area contributed by atoms with E-state index in [1.807, 2.05) is 6.92 Å². The molecule has 0 saturated heterocycles. The van der Waals surface area contributed by atoms with Crippen molar-refractivity contribution < 1.29 is 19.6 Å². The molecule has 130 valence electrons. The van der Waals surface area contributed by atoms with Gasteiger partial charge in [-0.05, 0) is 30.2 Å². The first-order chi connectivity index (χ1) is 12.0. The summed E-state index contributed by atoms with van der Waals surface area (Å²) in [5, 5.41) is 24.3. The molecule has 25 heavy (non-hydrogen) atoms. The van der Waals surface area contributed by atoms with Crippen molar-refractivity contribution in [1.29, 1.82) is 0 Å². The lowest BCUT2D eigenvalue weighted by atomic mass is 10.1. The minimum atomic E-state index is -0.583. The summed E-state index contributed by atoms with van der Waals surface area (Å²) in [6.07, 6.45) is 1.94. The largest absolute Gasteiger partial charge is 0.507 e. The number of rotatable bonds is 7. The topological polar surface area (TPSA) is 114 Å². The van der Waals surface area contributed by atoms with Crippen LogP contribution in [0.1, 0.15) is 18.1 Å². The molecule has 2 aromatic rings. The second kappa shape index (κ2) is 8.44. The molecule has 0 aliphatic carbocycles. The van der Waals surface area contributed by atoms with Crippen LogP contribution in [-0.4, -0.2) is 28.8 Å². The second-order valence-corrected chi connectivity index (χ2v) is 5.05. The van der Waals surface area contributed by atoms with Crippen LogP contribution in [-0.2, 0) is 11.2 Å². The highest BCUT2D eigenvalue weighted by Crippen LogP contribution is 2.28. The van der Waals surface area contributed by atoms with Gasteiger partial charge in [-0.2, -0.15) is 5.10 Å². The van der Waals surface area contributed by atoms with Crippen molar-refractivity contribution in [2.75, 3.05) is 6.61 Å². The lowest BCUT2D eigenvalue weighted by Crippen LogP contribution is -2.24. The third kappa shape index (κ3) is 5.03. The van der Waals surface area contributed by atoms with Crippen molar-refractivity contribution in [3.8, 4) is 11.5 Å². The molecule has 0 bridgehead atoms. The number of carbonyl (C=O) groups is 1. The van der Waals surface area contributed by atoms with Crippen LogP contribution < -0.4 is 10.2 Å². The highest BCUT2D eigenvalue weighted by molar-refractivity contribution is 5.85. The Labute approximate surface area is 143 Å². The molecule has 0 spiro atoms. The molecule has 0 unspecified atom stereocenters. The Balaban J connectivity index is 1.94. The zero-order valence-electron chi connectivity index (χ0n) is 13.5. The second-order valence-electron chi connectivity index (χ2n) is 5.05. The summed E-state index contributed by atoms with van der Waals surface area (Å²) >= 11 is 0. The van der Waals surface area contributed by atoms with Crippen molar-refractivity contribution in [3.05, 3.63) is 63.7 Å². The fourth-order valence-electron chi connectivity index (χ4n) is 1.99. The first-order valence-electron chi connectivity index (χ1n) is 7.51. The van der Waals surface area contributed by atoms with Gasteiger partial charge in [-0.3, -0.25) is 14.9 Å². The number of phenols is 1. The number of nitrogens with one attached hydrogen (secondary N) is 1. The van der Waals surface area contributed by atoms with Crippen molar-refractivity contribution in [1.82, 2.24) is 5.43 Å². The van der Waals surface area contributed by atoms with Gasteiger partial charge in [0.05, 0.1) is 11.1 Å². The summed E-state index contributed by atoms with van der Waals surface area (Å²) < 4.78 is 5.21. The minimum absolute atomic E-state index is 0.0158. The van der Waals surface area contributed by atoms with E-state index in [0.717, 1.165) is 5.56 Å². The van der Waals surface area contributed by atoms with E-state index in [1.165, 1.54) is 24.4 Å². The molecule has 8 heteroatoms. The molecule has 0 radical (unpaired) electrons. The zero-order valence-corrected chi connectivity index (χ0v) is 13.5. The van der Waals surface area contributed by atoms with Crippen LogP contribution in [0.4, 0.5) is 5.69 Å². The Kier molecular flexibility index (Phi) is 6.05. The highest BCUT2D eigenvalue weighted by atomic mass is 16.6. The van der Waals surface area contributed by atoms with Crippen LogP contribution in [0.25, 0.3) is 0 Å². The molecule has 2 rings (SSSR count). The average Bonchev–Trinajstić information content (AvgIpc) is 2.61. The number of carbonyl (C=O) groups excluding carboxylic acids is 1. The van der Waals surface area contributed by atoms with Crippen LogP contribution >= 0.6 is 0 Å². The standard InChI is InChI=1S/C17H17N3O5/c1-2-12-7-8-16(14(9-12)20(23)24)25-11-17(22)19-18-10-13-5-3-4-6-15(13)21/h3-10,21H,2,11H2,1H3,(H,19,22)/b18-10-. The van der Waals surface area contributed by atoms with Gasteiger partial charge in [-0.1, -0.05) is 25.1 Å². The average molecular weight is 343 g/mol. The molecule has 0 heterocycles. The molecule has 8 nitrogen and oxygen atoms in total. The van der Waals surface area contributed by atoms with Gasteiger partial charge < -0.3 is 9.84 Å². The number of hydrogen-bond donors (Lipinski definition) is 2. The van der Waals surface area contributed by atoms with Crippen LogP contribution in [0.5, 0.6) is 11.5 Å². The van der Waals surface area contributed by atoms with Gasteiger partial charge in [0.15, 0.2) is 12.4 Å². The fourth-order valence-corrected chi connectivity index (χ4v) is 1.99. The SMILES string of the molecule is CCc1ccc(OCC(=O)N/N=C\c2ccccc2O)c([N+](=O)[O-])c1. The number of hydrogen-bond acceptors (Lipinski definition) is 6. The number of hydrazone groups is 1. The molecule has 2 aromatic carbocycles. The smallest absolute Gasteiger partial charge is 0.311 e. The summed E-state index contributed by atoms with van der Waals surface area (Å²) in [6, 6.07) is 11.1. The molecule has 1 amide bonds. The molecular formula is C17H17N3O5. The van der Waals surface area contributed by atoms with E-state index >= 15 is 0 Å². The van der Waals surface area contributed by atoms with E-state index in [9.17, 15) is 20.0 Å². The number of nitro groups is 1. The van der Waals surface area contributed by atoms with Crippen LogP contribution in [0.15, 0.2) is 47.6 Å². The normalized spacial score (nSPS) is 10.6. The number of benzene rings is 2. The van der Waals surface area contributed by atoms with E-state index < -0.39 is 17.4 Å².